The standard InChI is InChI=1S/C13H26O3/c1-11(7-10-16-2)12(14)13(15)8-5-3-4-6-9-13/h11-12,14-15H,3-10H2,1-2H3. The molecule has 0 aromatic heterocycles. The number of aliphatic hydroxyl groups is 2. The van der Waals surface area contributed by atoms with Crippen molar-refractivity contribution in [3.8, 4) is 0 Å². The van der Waals surface area contributed by atoms with Crippen LogP contribution in [0.2, 0.25) is 0 Å². The highest BCUT2D eigenvalue weighted by molar-refractivity contribution is 4.90. The van der Waals surface area contributed by atoms with E-state index < -0.39 is 11.7 Å². The summed E-state index contributed by atoms with van der Waals surface area (Å²) in [6, 6.07) is 0. The molecule has 2 N–H and O–H groups in total. The lowest BCUT2D eigenvalue weighted by atomic mass is 9.81. The van der Waals surface area contributed by atoms with Crippen molar-refractivity contribution in [2.24, 2.45) is 5.92 Å². The molecular weight excluding hydrogens is 204 g/mol. The molecule has 2 atom stereocenters. The predicted molar refractivity (Wildman–Crippen MR) is 64.3 cm³/mol. The molecule has 0 aliphatic heterocycles. The van der Waals surface area contributed by atoms with Crippen LogP contribution in [0.3, 0.4) is 0 Å². The maximum Gasteiger partial charge on any atom is 0.0908 e. The van der Waals surface area contributed by atoms with Crippen molar-refractivity contribution < 1.29 is 14.9 Å². The minimum atomic E-state index is -0.857. The molecule has 0 amide bonds. The Morgan fingerprint density at radius 1 is 1.19 bits per heavy atom. The average molecular weight is 230 g/mol. The average Bonchev–Trinajstić information content (AvgIpc) is 2.51. The first-order chi connectivity index (χ1) is 7.60. The maximum atomic E-state index is 10.5. The van der Waals surface area contributed by atoms with Gasteiger partial charge < -0.3 is 14.9 Å². The maximum absolute atomic E-state index is 10.5. The second-order valence-electron chi connectivity index (χ2n) is 5.22. The van der Waals surface area contributed by atoms with E-state index in [1.807, 2.05) is 6.92 Å². The van der Waals surface area contributed by atoms with Gasteiger partial charge in [-0.2, -0.15) is 0 Å². The van der Waals surface area contributed by atoms with Gasteiger partial charge in [0.2, 0.25) is 0 Å². The van der Waals surface area contributed by atoms with Crippen LogP contribution in [0.1, 0.15) is 51.9 Å². The highest BCUT2D eigenvalue weighted by Gasteiger charge is 2.38. The van der Waals surface area contributed by atoms with Crippen LogP contribution in [0.5, 0.6) is 0 Å². The van der Waals surface area contributed by atoms with Crippen LogP contribution in [0, 0.1) is 5.92 Å². The van der Waals surface area contributed by atoms with E-state index in [1.165, 1.54) is 12.8 Å². The molecule has 1 aliphatic rings. The summed E-state index contributed by atoms with van der Waals surface area (Å²) in [6.07, 6.45) is 6.11. The molecule has 3 heteroatoms. The van der Waals surface area contributed by atoms with Gasteiger partial charge in [0.05, 0.1) is 11.7 Å². The molecule has 3 nitrogen and oxygen atoms in total. The molecule has 2 unspecified atom stereocenters. The fourth-order valence-electron chi connectivity index (χ4n) is 2.63. The molecule has 0 saturated heterocycles. The Bertz CT molecular complexity index is 186. The zero-order valence-electron chi connectivity index (χ0n) is 10.6. The third kappa shape index (κ3) is 3.72. The Labute approximate surface area is 98.8 Å². The van der Waals surface area contributed by atoms with E-state index in [2.05, 4.69) is 0 Å². The van der Waals surface area contributed by atoms with Crippen LogP contribution in [-0.4, -0.2) is 35.6 Å². The lowest BCUT2D eigenvalue weighted by Gasteiger charge is -2.35. The summed E-state index contributed by atoms with van der Waals surface area (Å²) < 4.78 is 5.01. The third-order valence-electron chi connectivity index (χ3n) is 3.84. The van der Waals surface area contributed by atoms with Crippen LogP contribution < -0.4 is 0 Å². The summed E-state index contributed by atoms with van der Waals surface area (Å²) in [5.74, 6) is 0.100. The van der Waals surface area contributed by atoms with Gasteiger partial charge in [0.15, 0.2) is 0 Å². The molecule has 0 radical (unpaired) electrons. The normalized spacial score (nSPS) is 24.8. The molecule has 1 aliphatic carbocycles. The Morgan fingerprint density at radius 3 is 2.25 bits per heavy atom. The molecule has 96 valence electrons. The van der Waals surface area contributed by atoms with Gasteiger partial charge in [-0.05, 0) is 25.2 Å². The first-order valence-corrected chi connectivity index (χ1v) is 6.49. The van der Waals surface area contributed by atoms with E-state index in [4.69, 9.17) is 4.74 Å². The SMILES string of the molecule is COCCC(C)C(O)C1(O)CCCCCC1. The van der Waals surface area contributed by atoms with E-state index in [-0.39, 0.29) is 5.92 Å². The minimum absolute atomic E-state index is 0.100. The van der Waals surface area contributed by atoms with E-state index >= 15 is 0 Å². The number of methoxy groups -OCH3 is 1. The van der Waals surface area contributed by atoms with Gasteiger partial charge in [-0.3, -0.25) is 0 Å². The van der Waals surface area contributed by atoms with Gasteiger partial charge in [0.25, 0.3) is 0 Å². The molecule has 1 saturated carbocycles. The van der Waals surface area contributed by atoms with Crippen molar-refractivity contribution >= 4 is 0 Å². The van der Waals surface area contributed by atoms with Gasteiger partial charge in [-0.1, -0.05) is 32.6 Å². The minimum Gasteiger partial charge on any atom is -0.390 e. The first kappa shape index (κ1) is 13.9. The molecule has 0 aromatic carbocycles. The summed E-state index contributed by atoms with van der Waals surface area (Å²) in [7, 11) is 1.67. The summed E-state index contributed by atoms with van der Waals surface area (Å²) in [5.41, 5.74) is -0.857. The van der Waals surface area contributed by atoms with Crippen molar-refractivity contribution in [3.63, 3.8) is 0 Å². The fourth-order valence-corrected chi connectivity index (χ4v) is 2.63. The van der Waals surface area contributed by atoms with Crippen molar-refractivity contribution in [2.45, 2.75) is 63.6 Å². The highest BCUT2D eigenvalue weighted by Crippen LogP contribution is 2.33. The topological polar surface area (TPSA) is 49.7 Å². The lowest BCUT2D eigenvalue weighted by molar-refractivity contribution is -0.109. The zero-order valence-corrected chi connectivity index (χ0v) is 10.6. The summed E-state index contributed by atoms with van der Waals surface area (Å²) >= 11 is 0. The largest absolute Gasteiger partial charge is 0.390 e. The van der Waals surface area contributed by atoms with Gasteiger partial charge in [-0.25, -0.2) is 0 Å². The van der Waals surface area contributed by atoms with Crippen LogP contribution >= 0.6 is 0 Å². The van der Waals surface area contributed by atoms with E-state index in [0.29, 0.717) is 6.61 Å². The van der Waals surface area contributed by atoms with Gasteiger partial charge >= 0.3 is 0 Å². The highest BCUT2D eigenvalue weighted by atomic mass is 16.5. The zero-order chi connectivity index (χ0) is 12.0. The Morgan fingerprint density at radius 2 is 1.75 bits per heavy atom. The molecule has 0 aromatic rings. The van der Waals surface area contributed by atoms with Crippen LogP contribution in [-0.2, 0) is 4.74 Å². The Hall–Kier alpha value is -0.120. The van der Waals surface area contributed by atoms with Crippen LogP contribution in [0.25, 0.3) is 0 Å². The second kappa shape index (κ2) is 6.58. The molecule has 1 fully saturated rings. The molecule has 1 rings (SSSR count). The summed E-state index contributed by atoms with van der Waals surface area (Å²) in [6.45, 7) is 2.64. The van der Waals surface area contributed by atoms with Crippen molar-refractivity contribution in [1.29, 1.82) is 0 Å². The monoisotopic (exact) mass is 230 g/mol. The van der Waals surface area contributed by atoms with Gasteiger partial charge in [-0.15, -0.1) is 0 Å². The smallest absolute Gasteiger partial charge is 0.0908 e. The Balaban J connectivity index is 2.51. The van der Waals surface area contributed by atoms with Crippen LogP contribution in [0.4, 0.5) is 0 Å². The van der Waals surface area contributed by atoms with E-state index in [9.17, 15) is 10.2 Å². The number of hydrogen-bond acceptors (Lipinski definition) is 3. The molecular formula is C13H26O3. The Kier molecular flexibility index (Phi) is 5.73. The van der Waals surface area contributed by atoms with E-state index in [0.717, 1.165) is 32.1 Å². The fraction of sp³-hybridized carbons (Fsp3) is 1.00. The summed E-state index contributed by atoms with van der Waals surface area (Å²) in [5, 5.41) is 20.7. The van der Waals surface area contributed by atoms with Gasteiger partial charge in [0.1, 0.15) is 0 Å². The third-order valence-corrected chi connectivity index (χ3v) is 3.84. The number of hydrogen-bond donors (Lipinski definition) is 2. The molecule has 16 heavy (non-hydrogen) atoms. The quantitative estimate of drug-likeness (QED) is 0.711. The molecule has 0 bridgehead atoms. The van der Waals surface area contributed by atoms with Gasteiger partial charge in [0, 0.05) is 13.7 Å². The summed E-state index contributed by atoms with van der Waals surface area (Å²) in [4.78, 5) is 0. The number of rotatable bonds is 5. The number of ether oxygens (including phenoxy) is 1. The van der Waals surface area contributed by atoms with E-state index in [1.54, 1.807) is 7.11 Å². The predicted octanol–water partition coefficient (Wildman–Crippen LogP) is 2.11. The molecule has 0 spiro atoms. The molecule has 0 heterocycles. The second-order valence-corrected chi connectivity index (χ2v) is 5.22. The van der Waals surface area contributed by atoms with Crippen molar-refractivity contribution in [2.75, 3.05) is 13.7 Å². The number of aliphatic hydroxyl groups excluding tert-OH is 1. The van der Waals surface area contributed by atoms with Crippen molar-refractivity contribution in [1.82, 2.24) is 0 Å². The lowest BCUT2D eigenvalue weighted by Crippen LogP contribution is -2.45. The first-order valence-electron chi connectivity index (χ1n) is 6.49. The van der Waals surface area contributed by atoms with Crippen LogP contribution in [0.15, 0.2) is 0 Å². The van der Waals surface area contributed by atoms with Crippen molar-refractivity contribution in [3.05, 3.63) is 0 Å².